The van der Waals surface area contributed by atoms with Crippen molar-refractivity contribution in [1.82, 2.24) is 14.3 Å². The number of amides is 1. The van der Waals surface area contributed by atoms with Crippen LogP contribution < -0.4 is 0 Å². The SMILES string of the molecule is O=C(CC(c1ccccc1F)c1cnc2ccc(Cl)cn12)N1CCc2ccccc2C1. The minimum Gasteiger partial charge on any atom is -0.338 e. The van der Waals surface area contributed by atoms with E-state index >= 15 is 0 Å². The van der Waals surface area contributed by atoms with Gasteiger partial charge in [0.15, 0.2) is 0 Å². The molecule has 1 amide bonds. The number of carbonyl (C=O) groups excluding carboxylic acids is 1. The zero-order valence-corrected chi connectivity index (χ0v) is 17.6. The molecule has 3 heterocycles. The fourth-order valence-corrected chi connectivity index (χ4v) is 4.54. The maximum atomic E-state index is 14.8. The summed E-state index contributed by atoms with van der Waals surface area (Å²) >= 11 is 6.21. The number of benzene rings is 2. The average Bonchev–Trinajstić information content (AvgIpc) is 3.20. The summed E-state index contributed by atoms with van der Waals surface area (Å²) in [5.74, 6) is -0.805. The van der Waals surface area contributed by atoms with Crippen molar-refractivity contribution in [2.24, 2.45) is 0 Å². The Morgan fingerprint density at radius 3 is 2.68 bits per heavy atom. The lowest BCUT2D eigenvalue weighted by Gasteiger charge is -2.30. The number of halogens is 2. The van der Waals surface area contributed by atoms with Gasteiger partial charge in [0.2, 0.25) is 5.91 Å². The molecule has 5 rings (SSSR count). The molecule has 1 atom stereocenters. The van der Waals surface area contributed by atoms with E-state index < -0.39 is 5.92 Å². The van der Waals surface area contributed by atoms with Gasteiger partial charge in [-0.15, -0.1) is 0 Å². The lowest BCUT2D eigenvalue weighted by Crippen LogP contribution is -2.36. The second-order valence-electron chi connectivity index (χ2n) is 7.87. The van der Waals surface area contributed by atoms with Crippen LogP contribution in [0.25, 0.3) is 5.65 Å². The van der Waals surface area contributed by atoms with E-state index in [1.165, 1.54) is 17.2 Å². The van der Waals surface area contributed by atoms with Crippen LogP contribution in [-0.4, -0.2) is 26.7 Å². The molecule has 31 heavy (non-hydrogen) atoms. The van der Waals surface area contributed by atoms with Crippen LogP contribution in [0, 0.1) is 5.82 Å². The number of carbonyl (C=O) groups is 1. The number of hydrogen-bond donors (Lipinski definition) is 0. The molecular weight excluding hydrogens is 413 g/mol. The van der Waals surface area contributed by atoms with Gasteiger partial charge in [-0.3, -0.25) is 4.79 Å². The number of pyridine rings is 1. The molecular formula is C25H21ClFN3O. The van der Waals surface area contributed by atoms with E-state index in [0.29, 0.717) is 29.3 Å². The van der Waals surface area contributed by atoms with Gasteiger partial charge in [-0.1, -0.05) is 54.1 Å². The molecule has 0 saturated heterocycles. The Morgan fingerprint density at radius 1 is 1.06 bits per heavy atom. The van der Waals surface area contributed by atoms with Gasteiger partial charge in [0.1, 0.15) is 11.5 Å². The number of nitrogens with zero attached hydrogens (tertiary/aromatic N) is 3. The largest absolute Gasteiger partial charge is 0.338 e. The van der Waals surface area contributed by atoms with Crippen molar-refractivity contribution in [3.05, 3.63) is 106 Å². The van der Waals surface area contributed by atoms with E-state index in [9.17, 15) is 9.18 Å². The van der Waals surface area contributed by atoms with Gasteiger partial charge in [0, 0.05) is 37.8 Å². The van der Waals surface area contributed by atoms with E-state index in [4.69, 9.17) is 11.6 Å². The van der Waals surface area contributed by atoms with Crippen molar-refractivity contribution in [2.45, 2.75) is 25.3 Å². The van der Waals surface area contributed by atoms with Crippen molar-refractivity contribution in [1.29, 1.82) is 0 Å². The van der Waals surface area contributed by atoms with Crippen LogP contribution in [0.4, 0.5) is 4.39 Å². The smallest absolute Gasteiger partial charge is 0.223 e. The molecule has 4 nitrogen and oxygen atoms in total. The second-order valence-corrected chi connectivity index (χ2v) is 8.31. The fraction of sp³-hybridized carbons (Fsp3) is 0.200. The first-order valence-electron chi connectivity index (χ1n) is 10.3. The Balaban J connectivity index is 1.50. The van der Waals surface area contributed by atoms with Gasteiger partial charge >= 0.3 is 0 Å². The van der Waals surface area contributed by atoms with Crippen molar-refractivity contribution in [3.8, 4) is 0 Å². The van der Waals surface area contributed by atoms with E-state index in [1.807, 2.05) is 27.5 Å². The summed E-state index contributed by atoms with van der Waals surface area (Å²) in [6.07, 6.45) is 4.46. The Bertz CT molecular complexity index is 1270. The van der Waals surface area contributed by atoms with Gasteiger partial charge in [-0.25, -0.2) is 9.37 Å². The predicted octanol–water partition coefficient (Wildman–Crippen LogP) is 5.23. The van der Waals surface area contributed by atoms with Crippen LogP contribution in [0.15, 0.2) is 73.1 Å². The summed E-state index contributed by atoms with van der Waals surface area (Å²) in [4.78, 5) is 19.7. The molecule has 0 saturated carbocycles. The molecule has 0 aliphatic carbocycles. The summed E-state index contributed by atoms with van der Waals surface area (Å²) in [5, 5.41) is 0.554. The Labute approximate surface area is 184 Å². The zero-order valence-electron chi connectivity index (χ0n) is 16.8. The highest BCUT2D eigenvalue weighted by Gasteiger charge is 2.28. The molecule has 0 N–H and O–H groups in total. The first-order valence-corrected chi connectivity index (χ1v) is 10.7. The number of aromatic nitrogens is 2. The molecule has 1 aliphatic rings. The van der Waals surface area contributed by atoms with Crippen molar-refractivity contribution in [3.63, 3.8) is 0 Å². The molecule has 0 fully saturated rings. The van der Waals surface area contributed by atoms with Gasteiger partial charge in [0.05, 0.1) is 10.7 Å². The van der Waals surface area contributed by atoms with E-state index in [0.717, 1.165) is 12.1 Å². The molecule has 0 bridgehead atoms. The third-order valence-corrected chi connectivity index (χ3v) is 6.22. The summed E-state index contributed by atoms with van der Waals surface area (Å²) in [7, 11) is 0. The standard InChI is InChI=1S/C25H21ClFN3O/c26-19-9-10-24-28-14-23(30(24)16-19)21(20-7-3-4-8-22(20)27)13-25(31)29-12-11-17-5-1-2-6-18(17)15-29/h1-10,14,16,21H,11-13,15H2. The minimum atomic E-state index is -0.473. The monoisotopic (exact) mass is 433 g/mol. The van der Waals surface area contributed by atoms with Crippen LogP contribution in [0.3, 0.4) is 0 Å². The fourth-order valence-electron chi connectivity index (χ4n) is 4.38. The number of rotatable bonds is 4. The van der Waals surface area contributed by atoms with Crippen LogP contribution in [0.2, 0.25) is 5.02 Å². The van der Waals surface area contributed by atoms with Gasteiger partial charge in [-0.2, -0.15) is 0 Å². The highest BCUT2D eigenvalue weighted by Crippen LogP contribution is 2.32. The van der Waals surface area contributed by atoms with Crippen LogP contribution in [0.5, 0.6) is 0 Å². The number of imidazole rings is 1. The van der Waals surface area contributed by atoms with Crippen molar-refractivity contribution in [2.75, 3.05) is 6.54 Å². The third kappa shape index (κ3) is 3.81. The molecule has 0 spiro atoms. The zero-order chi connectivity index (χ0) is 21.4. The van der Waals surface area contributed by atoms with E-state index in [1.54, 1.807) is 36.7 Å². The highest BCUT2D eigenvalue weighted by atomic mass is 35.5. The molecule has 1 unspecified atom stereocenters. The van der Waals surface area contributed by atoms with E-state index in [2.05, 4.69) is 17.1 Å². The first-order chi connectivity index (χ1) is 15.1. The Hall–Kier alpha value is -3.18. The first kappa shape index (κ1) is 19.8. The van der Waals surface area contributed by atoms with E-state index in [-0.39, 0.29) is 18.1 Å². The maximum Gasteiger partial charge on any atom is 0.223 e. The summed E-state index contributed by atoms with van der Waals surface area (Å²) in [5.41, 5.74) is 4.39. The number of fused-ring (bicyclic) bond motifs is 2. The minimum absolute atomic E-state index is 0.000246. The summed E-state index contributed by atoms with van der Waals surface area (Å²) in [6, 6.07) is 18.4. The van der Waals surface area contributed by atoms with Gasteiger partial charge in [-0.05, 0) is 41.3 Å². The summed E-state index contributed by atoms with van der Waals surface area (Å²) < 4.78 is 16.7. The molecule has 1 aliphatic heterocycles. The molecule has 4 aromatic rings. The van der Waals surface area contributed by atoms with Gasteiger partial charge < -0.3 is 9.30 Å². The van der Waals surface area contributed by atoms with Crippen molar-refractivity contribution < 1.29 is 9.18 Å². The lowest BCUT2D eigenvalue weighted by molar-refractivity contribution is -0.132. The summed E-state index contributed by atoms with van der Waals surface area (Å²) in [6.45, 7) is 1.25. The molecule has 0 radical (unpaired) electrons. The highest BCUT2D eigenvalue weighted by molar-refractivity contribution is 6.30. The predicted molar refractivity (Wildman–Crippen MR) is 119 cm³/mol. The van der Waals surface area contributed by atoms with Crippen LogP contribution >= 0.6 is 11.6 Å². The van der Waals surface area contributed by atoms with Gasteiger partial charge in [0.25, 0.3) is 0 Å². The molecule has 2 aromatic heterocycles. The van der Waals surface area contributed by atoms with Crippen LogP contribution in [0.1, 0.15) is 34.7 Å². The van der Waals surface area contributed by atoms with Crippen molar-refractivity contribution >= 4 is 23.2 Å². The quantitative estimate of drug-likeness (QED) is 0.441. The Morgan fingerprint density at radius 2 is 1.84 bits per heavy atom. The maximum absolute atomic E-state index is 14.8. The Kier molecular flexibility index (Phi) is 5.20. The molecule has 6 heteroatoms. The topological polar surface area (TPSA) is 37.6 Å². The third-order valence-electron chi connectivity index (χ3n) is 6.00. The lowest BCUT2D eigenvalue weighted by atomic mass is 9.91. The second kappa shape index (κ2) is 8.16. The molecule has 2 aromatic carbocycles. The molecule has 156 valence electrons. The number of hydrogen-bond acceptors (Lipinski definition) is 2. The normalized spacial score (nSPS) is 14.5. The van der Waals surface area contributed by atoms with Crippen LogP contribution in [-0.2, 0) is 17.8 Å². The average molecular weight is 434 g/mol.